The van der Waals surface area contributed by atoms with Crippen molar-refractivity contribution in [2.24, 2.45) is 0 Å². The Kier molecular flexibility index (Phi) is 3.58. The van der Waals surface area contributed by atoms with Gasteiger partial charge in [0.2, 0.25) is 0 Å². The summed E-state index contributed by atoms with van der Waals surface area (Å²) >= 11 is 0. The monoisotopic (exact) mass is 269 g/mol. The third kappa shape index (κ3) is 2.61. The molecule has 2 unspecified atom stereocenters. The molecule has 2 heteroatoms. The smallest absolute Gasteiger partial charge is 0.123 e. The molecule has 20 heavy (non-hydrogen) atoms. The summed E-state index contributed by atoms with van der Waals surface area (Å²) < 4.78 is 13.2. The predicted molar refractivity (Wildman–Crippen MR) is 80.2 cm³/mol. The Balaban J connectivity index is 1.75. The highest BCUT2D eigenvalue weighted by atomic mass is 19.1. The lowest BCUT2D eigenvalue weighted by atomic mass is 10.0. The number of rotatable bonds is 3. The summed E-state index contributed by atoms with van der Waals surface area (Å²) in [6.45, 7) is 4.29. The fourth-order valence-electron chi connectivity index (χ4n) is 3.01. The lowest BCUT2D eigenvalue weighted by Gasteiger charge is -2.21. The Labute approximate surface area is 119 Å². The van der Waals surface area contributed by atoms with Crippen molar-refractivity contribution in [2.75, 3.05) is 0 Å². The fraction of sp³-hybridized carbons (Fsp3) is 0.333. The lowest BCUT2D eigenvalue weighted by Crippen LogP contribution is -2.23. The van der Waals surface area contributed by atoms with Crippen molar-refractivity contribution in [3.63, 3.8) is 0 Å². The molecule has 2 aromatic rings. The van der Waals surface area contributed by atoms with Crippen molar-refractivity contribution in [3.05, 3.63) is 70.5 Å². The number of hydrogen-bond acceptors (Lipinski definition) is 1. The van der Waals surface area contributed by atoms with E-state index >= 15 is 0 Å². The minimum absolute atomic E-state index is 0.129. The molecule has 2 atom stereocenters. The summed E-state index contributed by atoms with van der Waals surface area (Å²) in [6, 6.07) is 14.4. The quantitative estimate of drug-likeness (QED) is 0.866. The molecule has 3 rings (SSSR count). The summed E-state index contributed by atoms with van der Waals surface area (Å²) in [5.41, 5.74) is 4.98. The molecule has 1 aliphatic carbocycles. The molecule has 1 aliphatic rings. The van der Waals surface area contributed by atoms with Crippen LogP contribution in [0.3, 0.4) is 0 Å². The van der Waals surface area contributed by atoms with Crippen LogP contribution >= 0.6 is 0 Å². The lowest BCUT2D eigenvalue weighted by molar-refractivity contribution is 0.465. The van der Waals surface area contributed by atoms with E-state index in [-0.39, 0.29) is 5.82 Å². The van der Waals surface area contributed by atoms with Gasteiger partial charge in [-0.05, 0) is 55.5 Å². The van der Waals surface area contributed by atoms with E-state index in [9.17, 15) is 4.39 Å². The molecule has 0 fully saturated rings. The van der Waals surface area contributed by atoms with Crippen LogP contribution in [0.5, 0.6) is 0 Å². The maximum Gasteiger partial charge on any atom is 0.123 e. The Bertz CT molecular complexity index is 603. The van der Waals surface area contributed by atoms with Gasteiger partial charge in [0, 0.05) is 12.1 Å². The second kappa shape index (κ2) is 5.37. The van der Waals surface area contributed by atoms with Gasteiger partial charge in [-0.25, -0.2) is 4.39 Å². The Morgan fingerprint density at radius 3 is 2.65 bits per heavy atom. The fourth-order valence-corrected chi connectivity index (χ4v) is 3.01. The number of fused-ring (bicyclic) bond motifs is 1. The van der Waals surface area contributed by atoms with E-state index < -0.39 is 0 Å². The molecule has 0 radical (unpaired) electrons. The molecule has 0 aliphatic heterocycles. The van der Waals surface area contributed by atoms with Crippen molar-refractivity contribution in [1.82, 2.24) is 5.32 Å². The van der Waals surface area contributed by atoms with E-state index in [2.05, 4.69) is 43.4 Å². The minimum Gasteiger partial charge on any atom is -0.303 e. The summed E-state index contributed by atoms with van der Waals surface area (Å²) in [6.07, 6.45) is 2.01. The highest BCUT2D eigenvalue weighted by Gasteiger charge is 2.24. The van der Waals surface area contributed by atoms with E-state index in [0.717, 1.165) is 18.4 Å². The van der Waals surface area contributed by atoms with Crippen LogP contribution in [0.25, 0.3) is 0 Å². The zero-order valence-corrected chi connectivity index (χ0v) is 12.0. The first-order valence-electron chi connectivity index (χ1n) is 7.24. The zero-order valence-electron chi connectivity index (χ0n) is 12.0. The summed E-state index contributed by atoms with van der Waals surface area (Å²) in [5.74, 6) is -0.129. The normalized spacial score (nSPS) is 18.9. The average Bonchev–Trinajstić information content (AvgIpc) is 2.81. The first kappa shape index (κ1) is 13.3. The second-order valence-corrected chi connectivity index (χ2v) is 5.73. The van der Waals surface area contributed by atoms with E-state index in [1.54, 1.807) is 12.1 Å². The first-order valence-corrected chi connectivity index (χ1v) is 7.24. The molecule has 0 saturated carbocycles. The van der Waals surface area contributed by atoms with E-state index in [0.29, 0.717) is 12.1 Å². The predicted octanol–water partition coefficient (Wildman–Crippen LogP) is 4.47. The van der Waals surface area contributed by atoms with Gasteiger partial charge in [-0.1, -0.05) is 35.9 Å². The standard InChI is InChI=1S/C18H20FN/c1-12-3-5-14(6-4-12)13(2)20-18-10-7-15-11-16(19)8-9-17(15)18/h3-6,8-9,11,13,18,20H,7,10H2,1-2H3. The molecule has 104 valence electrons. The average molecular weight is 269 g/mol. The van der Waals surface area contributed by atoms with Gasteiger partial charge in [-0.15, -0.1) is 0 Å². The third-order valence-electron chi connectivity index (χ3n) is 4.21. The van der Waals surface area contributed by atoms with E-state index in [4.69, 9.17) is 0 Å². The Hall–Kier alpha value is -1.67. The SMILES string of the molecule is Cc1ccc(C(C)NC2CCc3cc(F)ccc32)cc1. The van der Waals surface area contributed by atoms with Gasteiger partial charge in [0.15, 0.2) is 0 Å². The maximum absolute atomic E-state index is 13.2. The van der Waals surface area contributed by atoms with Gasteiger partial charge < -0.3 is 5.32 Å². The van der Waals surface area contributed by atoms with Crippen molar-refractivity contribution in [3.8, 4) is 0 Å². The minimum atomic E-state index is -0.129. The van der Waals surface area contributed by atoms with Gasteiger partial charge in [0.25, 0.3) is 0 Å². The third-order valence-corrected chi connectivity index (χ3v) is 4.21. The number of nitrogens with one attached hydrogen (secondary N) is 1. The van der Waals surface area contributed by atoms with Crippen molar-refractivity contribution < 1.29 is 4.39 Å². The van der Waals surface area contributed by atoms with Crippen LogP contribution in [-0.4, -0.2) is 0 Å². The van der Waals surface area contributed by atoms with E-state index in [1.807, 2.05) is 6.07 Å². The van der Waals surface area contributed by atoms with Crippen LogP contribution in [0.15, 0.2) is 42.5 Å². The Morgan fingerprint density at radius 2 is 1.90 bits per heavy atom. The summed E-state index contributed by atoms with van der Waals surface area (Å²) in [7, 11) is 0. The van der Waals surface area contributed by atoms with E-state index in [1.165, 1.54) is 16.7 Å². The van der Waals surface area contributed by atoms with Gasteiger partial charge in [-0.3, -0.25) is 0 Å². The van der Waals surface area contributed by atoms with Crippen LogP contribution in [0.2, 0.25) is 0 Å². The van der Waals surface area contributed by atoms with Crippen LogP contribution in [0, 0.1) is 12.7 Å². The number of halogens is 1. The van der Waals surface area contributed by atoms with Gasteiger partial charge in [-0.2, -0.15) is 0 Å². The van der Waals surface area contributed by atoms with Crippen LogP contribution in [-0.2, 0) is 6.42 Å². The van der Waals surface area contributed by atoms with Crippen molar-refractivity contribution in [1.29, 1.82) is 0 Å². The molecule has 0 heterocycles. The highest BCUT2D eigenvalue weighted by Crippen LogP contribution is 2.33. The van der Waals surface area contributed by atoms with Gasteiger partial charge >= 0.3 is 0 Å². The number of hydrogen-bond donors (Lipinski definition) is 1. The molecule has 2 aromatic carbocycles. The first-order chi connectivity index (χ1) is 9.63. The second-order valence-electron chi connectivity index (χ2n) is 5.73. The highest BCUT2D eigenvalue weighted by molar-refractivity contribution is 5.35. The van der Waals surface area contributed by atoms with Gasteiger partial charge in [0.05, 0.1) is 0 Å². The molecular weight excluding hydrogens is 249 g/mol. The van der Waals surface area contributed by atoms with Crippen molar-refractivity contribution >= 4 is 0 Å². The topological polar surface area (TPSA) is 12.0 Å². The molecule has 0 aromatic heterocycles. The van der Waals surface area contributed by atoms with Crippen LogP contribution in [0.1, 0.15) is 47.7 Å². The number of aryl methyl sites for hydroxylation is 2. The molecule has 1 nitrogen and oxygen atoms in total. The molecular formula is C18H20FN. The van der Waals surface area contributed by atoms with Crippen molar-refractivity contribution in [2.45, 2.75) is 38.8 Å². The van der Waals surface area contributed by atoms with Gasteiger partial charge in [0.1, 0.15) is 5.82 Å². The summed E-state index contributed by atoms with van der Waals surface area (Å²) in [5, 5.41) is 3.67. The molecule has 1 N–H and O–H groups in total. The Morgan fingerprint density at radius 1 is 1.15 bits per heavy atom. The molecule has 0 bridgehead atoms. The molecule has 0 saturated heterocycles. The van der Waals surface area contributed by atoms with Crippen LogP contribution in [0.4, 0.5) is 4.39 Å². The molecule has 0 amide bonds. The zero-order chi connectivity index (χ0) is 14.1. The van der Waals surface area contributed by atoms with Crippen LogP contribution < -0.4 is 5.32 Å². The maximum atomic E-state index is 13.2. The summed E-state index contributed by atoms with van der Waals surface area (Å²) in [4.78, 5) is 0. The largest absolute Gasteiger partial charge is 0.303 e. The number of benzene rings is 2. The molecule has 0 spiro atoms.